The van der Waals surface area contributed by atoms with Gasteiger partial charge in [-0.3, -0.25) is 9.59 Å². The predicted molar refractivity (Wildman–Crippen MR) is 121 cm³/mol. The van der Waals surface area contributed by atoms with Crippen LogP contribution >= 0.6 is 0 Å². The van der Waals surface area contributed by atoms with Gasteiger partial charge in [0.1, 0.15) is 0 Å². The van der Waals surface area contributed by atoms with E-state index in [9.17, 15) is 9.59 Å². The zero-order valence-electron chi connectivity index (χ0n) is 17.7. The Kier molecular flexibility index (Phi) is 6.36. The molecule has 2 aromatic rings. The second kappa shape index (κ2) is 9.33. The third-order valence-corrected chi connectivity index (χ3v) is 6.17. The molecule has 0 radical (unpaired) electrons. The van der Waals surface area contributed by atoms with Crippen molar-refractivity contribution in [3.8, 4) is 0 Å². The third-order valence-electron chi connectivity index (χ3n) is 6.17. The topological polar surface area (TPSA) is 61.4 Å². The van der Waals surface area contributed by atoms with E-state index in [2.05, 4.69) is 33.7 Å². The SMILES string of the molecule is CC(CC(=O)Nc1cccc(N2CCCC2)c1)NC(=O)C1CCCc2ccccc21. The fourth-order valence-electron chi connectivity index (χ4n) is 4.67. The second-order valence-electron chi connectivity index (χ2n) is 8.55. The van der Waals surface area contributed by atoms with Crippen LogP contribution in [0.2, 0.25) is 0 Å². The summed E-state index contributed by atoms with van der Waals surface area (Å²) in [5.41, 5.74) is 4.37. The molecular weight excluding hydrogens is 374 g/mol. The first-order valence-corrected chi connectivity index (χ1v) is 11.1. The molecule has 158 valence electrons. The molecular formula is C25H31N3O2. The maximum atomic E-state index is 12.9. The number of nitrogens with one attached hydrogen (secondary N) is 2. The Morgan fingerprint density at radius 2 is 1.87 bits per heavy atom. The van der Waals surface area contributed by atoms with Gasteiger partial charge in [-0.25, -0.2) is 0 Å². The number of anilines is 2. The first-order chi connectivity index (χ1) is 14.6. The fourth-order valence-corrected chi connectivity index (χ4v) is 4.67. The maximum Gasteiger partial charge on any atom is 0.227 e. The zero-order valence-corrected chi connectivity index (χ0v) is 17.7. The highest BCUT2D eigenvalue weighted by atomic mass is 16.2. The van der Waals surface area contributed by atoms with E-state index in [4.69, 9.17) is 0 Å². The summed E-state index contributed by atoms with van der Waals surface area (Å²) >= 11 is 0. The average molecular weight is 406 g/mol. The molecule has 2 N–H and O–H groups in total. The molecule has 2 amide bonds. The van der Waals surface area contributed by atoms with Crippen LogP contribution in [0.1, 0.15) is 56.1 Å². The molecule has 5 heteroatoms. The highest BCUT2D eigenvalue weighted by Gasteiger charge is 2.27. The number of hydrogen-bond donors (Lipinski definition) is 2. The highest BCUT2D eigenvalue weighted by molar-refractivity contribution is 5.92. The molecule has 1 heterocycles. The molecule has 0 aromatic heterocycles. The van der Waals surface area contributed by atoms with Gasteiger partial charge in [0.15, 0.2) is 0 Å². The number of fused-ring (bicyclic) bond motifs is 1. The Balaban J connectivity index is 1.31. The molecule has 2 atom stereocenters. The van der Waals surface area contributed by atoms with Crippen LogP contribution in [0, 0.1) is 0 Å². The monoisotopic (exact) mass is 405 g/mol. The van der Waals surface area contributed by atoms with Crippen LogP contribution in [0.5, 0.6) is 0 Å². The molecule has 2 aliphatic rings. The summed E-state index contributed by atoms with van der Waals surface area (Å²) in [4.78, 5) is 27.7. The van der Waals surface area contributed by atoms with Crippen molar-refractivity contribution < 1.29 is 9.59 Å². The lowest BCUT2D eigenvalue weighted by Crippen LogP contribution is -2.39. The lowest BCUT2D eigenvalue weighted by Gasteiger charge is -2.26. The largest absolute Gasteiger partial charge is 0.371 e. The number of rotatable bonds is 6. The van der Waals surface area contributed by atoms with Crippen molar-refractivity contribution in [3.05, 3.63) is 59.7 Å². The Bertz CT molecular complexity index is 905. The van der Waals surface area contributed by atoms with Crippen molar-refractivity contribution in [1.29, 1.82) is 0 Å². The van der Waals surface area contributed by atoms with E-state index in [1.807, 2.05) is 37.3 Å². The van der Waals surface area contributed by atoms with Crippen molar-refractivity contribution >= 4 is 23.2 Å². The van der Waals surface area contributed by atoms with Gasteiger partial charge in [0.2, 0.25) is 11.8 Å². The summed E-state index contributed by atoms with van der Waals surface area (Å²) < 4.78 is 0. The predicted octanol–water partition coefficient (Wildman–Crippen LogP) is 4.24. The molecule has 5 nitrogen and oxygen atoms in total. The van der Waals surface area contributed by atoms with E-state index in [-0.39, 0.29) is 30.2 Å². The van der Waals surface area contributed by atoms with Crippen LogP contribution in [0.25, 0.3) is 0 Å². The average Bonchev–Trinajstić information content (AvgIpc) is 3.28. The zero-order chi connectivity index (χ0) is 20.9. The normalized spacial score (nSPS) is 19.1. The summed E-state index contributed by atoms with van der Waals surface area (Å²) in [7, 11) is 0. The van der Waals surface area contributed by atoms with E-state index in [1.165, 1.54) is 18.4 Å². The number of nitrogens with zero attached hydrogens (tertiary/aromatic N) is 1. The lowest BCUT2D eigenvalue weighted by atomic mass is 9.82. The summed E-state index contributed by atoms with van der Waals surface area (Å²) in [6.45, 7) is 4.04. The van der Waals surface area contributed by atoms with Gasteiger partial charge in [-0.05, 0) is 68.4 Å². The number of amides is 2. The second-order valence-corrected chi connectivity index (χ2v) is 8.55. The minimum absolute atomic E-state index is 0.0264. The smallest absolute Gasteiger partial charge is 0.227 e. The minimum atomic E-state index is -0.214. The van der Waals surface area contributed by atoms with Crippen LogP contribution < -0.4 is 15.5 Å². The van der Waals surface area contributed by atoms with Gasteiger partial charge in [0.25, 0.3) is 0 Å². The summed E-state index contributed by atoms with van der Waals surface area (Å²) in [6, 6.07) is 16.0. The molecule has 0 spiro atoms. The van der Waals surface area contributed by atoms with Crippen molar-refractivity contribution in [2.75, 3.05) is 23.3 Å². The Morgan fingerprint density at radius 1 is 1.07 bits per heavy atom. The molecule has 2 aromatic carbocycles. The number of hydrogen-bond acceptors (Lipinski definition) is 3. The van der Waals surface area contributed by atoms with E-state index < -0.39 is 0 Å². The maximum absolute atomic E-state index is 12.9. The summed E-state index contributed by atoms with van der Waals surface area (Å²) in [5.74, 6) is -0.165. The fraction of sp³-hybridized carbons (Fsp3) is 0.440. The molecule has 30 heavy (non-hydrogen) atoms. The lowest BCUT2D eigenvalue weighted by molar-refractivity contribution is -0.123. The van der Waals surface area contributed by atoms with Crippen LogP contribution in [-0.4, -0.2) is 30.9 Å². The van der Waals surface area contributed by atoms with Gasteiger partial charge in [-0.2, -0.15) is 0 Å². The molecule has 0 saturated carbocycles. The molecule has 4 rings (SSSR count). The Hall–Kier alpha value is -2.82. The first-order valence-electron chi connectivity index (χ1n) is 11.1. The van der Waals surface area contributed by atoms with Gasteiger partial charge in [-0.1, -0.05) is 30.3 Å². The van der Waals surface area contributed by atoms with Gasteiger partial charge >= 0.3 is 0 Å². The highest BCUT2D eigenvalue weighted by Crippen LogP contribution is 2.31. The van der Waals surface area contributed by atoms with E-state index in [0.29, 0.717) is 0 Å². The van der Waals surface area contributed by atoms with Crippen LogP contribution in [0.3, 0.4) is 0 Å². The number of carbonyl (C=O) groups is 2. The van der Waals surface area contributed by atoms with Crippen LogP contribution in [-0.2, 0) is 16.0 Å². The molecule has 1 fully saturated rings. The van der Waals surface area contributed by atoms with Crippen LogP contribution in [0.15, 0.2) is 48.5 Å². The van der Waals surface area contributed by atoms with Gasteiger partial charge in [0.05, 0.1) is 5.92 Å². The first kappa shape index (κ1) is 20.5. The standard InChI is InChI=1S/C25H31N3O2/c1-18(26-25(30)23-13-6-9-19-8-2-3-12-22(19)23)16-24(29)27-20-10-7-11-21(17-20)28-14-4-5-15-28/h2-3,7-8,10-12,17-18,23H,4-6,9,13-16H2,1H3,(H,26,30)(H,27,29). The van der Waals surface area contributed by atoms with Gasteiger partial charge in [0, 0.05) is 36.9 Å². The van der Waals surface area contributed by atoms with E-state index in [1.54, 1.807) is 0 Å². The quantitative estimate of drug-likeness (QED) is 0.756. The number of carbonyl (C=O) groups excluding carboxylic acids is 2. The van der Waals surface area contributed by atoms with Gasteiger partial charge in [-0.15, -0.1) is 0 Å². The minimum Gasteiger partial charge on any atom is -0.371 e. The molecule has 1 saturated heterocycles. The summed E-state index contributed by atoms with van der Waals surface area (Å²) in [6.07, 6.45) is 5.63. The number of aryl methyl sites for hydroxylation is 1. The van der Waals surface area contributed by atoms with Crippen molar-refractivity contribution in [2.24, 2.45) is 0 Å². The van der Waals surface area contributed by atoms with Gasteiger partial charge < -0.3 is 15.5 Å². The molecule has 0 bridgehead atoms. The third kappa shape index (κ3) is 4.84. The van der Waals surface area contributed by atoms with Crippen LogP contribution in [0.4, 0.5) is 11.4 Å². The van der Waals surface area contributed by atoms with E-state index >= 15 is 0 Å². The van der Waals surface area contributed by atoms with E-state index in [0.717, 1.165) is 49.3 Å². The van der Waals surface area contributed by atoms with Crippen molar-refractivity contribution in [1.82, 2.24) is 5.32 Å². The molecule has 2 unspecified atom stereocenters. The number of benzene rings is 2. The molecule has 1 aliphatic heterocycles. The van der Waals surface area contributed by atoms with Crippen molar-refractivity contribution in [2.45, 2.75) is 57.4 Å². The van der Waals surface area contributed by atoms with Crippen molar-refractivity contribution in [3.63, 3.8) is 0 Å². The summed E-state index contributed by atoms with van der Waals surface area (Å²) in [5, 5.41) is 6.04. The molecule has 1 aliphatic carbocycles. The Labute approximate surface area is 178 Å². The Morgan fingerprint density at radius 3 is 2.70 bits per heavy atom.